The fourth-order valence-corrected chi connectivity index (χ4v) is 2.48. The fourth-order valence-electron chi connectivity index (χ4n) is 2.48. The van der Waals surface area contributed by atoms with Crippen molar-refractivity contribution in [2.45, 2.75) is 26.4 Å². The van der Waals surface area contributed by atoms with E-state index in [1.165, 1.54) is 5.56 Å². The molecule has 0 amide bonds. The van der Waals surface area contributed by atoms with Gasteiger partial charge in [0.2, 0.25) is 0 Å². The molecule has 0 fully saturated rings. The van der Waals surface area contributed by atoms with Crippen molar-refractivity contribution in [2.75, 3.05) is 13.1 Å². The van der Waals surface area contributed by atoms with Gasteiger partial charge in [0.1, 0.15) is 5.82 Å². The molecule has 1 aromatic heterocycles. The molecule has 0 aliphatic rings. The van der Waals surface area contributed by atoms with Crippen LogP contribution >= 0.6 is 0 Å². The van der Waals surface area contributed by atoms with E-state index < -0.39 is 0 Å². The van der Waals surface area contributed by atoms with E-state index in [4.69, 9.17) is 5.73 Å². The van der Waals surface area contributed by atoms with Gasteiger partial charge in [0.25, 0.3) is 0 Å². The second-order valence-electron chi connectivity index (χ2n) is 5.18. The number of aromatic nitrogens is 1. The highest BCUT2D eigenvalue weighted by Gasteiger charge is 2.18. The van der Waals surface area contributed by atoms with Crippen LogP contribution in [0.4, 0.5) is 4.39 Å². The summed E-state index contributed by atoms with van der Waals surface area (Å²) in [6.45, 7) is 5.94. The first-order chi connectivity index (χ1) is 10.2. The van der Waals surface area contributed by atoms with E-state index in [2.05, 4.69) is 16.8 Å². The van der Waals surface area contributed by atoms with E-state index in [9.17, 15) is 4.39 Å². The molecule has 0 spiro atoms. The Balaban J connectivity index is 2.22. The van der Waals surface area contributed by atoms with Gasteiger partial charge in [0.15, 0.2) is 0 Å². The lowest BCUT2D eigenvalue weighted by Gasteiger charge is -2.30. The third-order valence-electron chi connectivity index (χ3n) is 3.79. The Labute approximate surface area is 125 Å². The molecule has 4 heteroatoms. The van der Waals surface area contributed by atoms with E-state index in [0.29, 0.717) is 12.1 Å². The molecule has 1 atom stereocenters. The van der Waals surface area contributed by atoms with E-state index in [1.54, 1.807) is 25.4 Å². The van der Waals surface area contributed by atoms with E-state index >= 15 is 0 Å². The quantitative estimate of drug-likeness (QED) is 0.888. The number of likely N-dealkylation sites (N-methyl/N-ethyl adjacent to an activating group) is 1. The van der Waals surface area contributed by atoms with Gasteiger partial charge >= 0.3 is 0 Å². The highest BCUT2D eigenvalue weighted by molar-refractivity contribution is 5.26. The molecule has 1 heterocycles. The maximum atomic E-state index is 13.8. The summed E-state index contributed by atoms with van der Waals surface area (Å²) in [5.74, 6) is -0.175. The van der Waals surface area contributed by atoms with E-state index in [0.717, 1.165) is 18.7 Å². The Morgan fingerprint density at radius 2 is 1.95 bits per heavy atom. The standard InChI is InChI=1S/C17H22FN3/c1-3-21(12-14-6-8-20-9-7-14)17(11-19)15-5-4-13(2)16(18)10-15/h4-10,17H,3,11-12,19H2,1-2H3. The van der Waals surface area contributed by atoms with Gasteiger partial charge in [-0.15, -0.1) is 0 Å². The third kappa shape index (κ3) is 3.86. The molecular weight excluding hydrogens is 265 g/mol. The topological polar surface area (TPSA) is 42.2 Å². The minimum absolute atomic E-state index is 0.0123. The van der Waals surface area contributed by atoms with Crippen LogP contribution in [-0.4, -0.2) is 23.0 Å². The van der Waals surface area contributed by atoms with Crippen molar-refractivity contribution >= 4 is 0 Å². The zero-order valence-corrected chi connectivity index (χ0v) is 12.6. The molecule has 1 aromatic carbocycles. The summed E-state index contributed by atoms with van der Waals surface area (Å²) in [5.41, 5.74) is 8.71. The number of nitrogens with zero attached hydrogens (tertiary/aromatic N) is 2. The average Bonchev–Trinajstić information content (AvgIpc) is 2.51. The average molecular weight is 287 g/mol. The van der Waals surface area contributed by atoms with E-state index in [1.807, 2.05) is 24.3 Å². The lowest BCUT2D eigenvalue weighted by Crippen LogP contribution is -2.33. The molecule has 0 aliphatic carbocycles. The van der Waals surface area contributed by atoms with Gasteiger partial charge in [0.05, 0.1) is 0 Å². The van der Waals surface area contributed by atoms with Crippen molar-refractivity contribution < 1.29 is 4.39 Å². The largest absolute Gasteiger partial charge is 0.329 e. The SMILES string of the molecule is CCN(Cc1ccncc1)C(CN)c1ccc(C)c(F)c1. The predicted octanol–water partition coefficient (Wildman–Crippen LogP) is 3.05. The number of nitrogens with two attached hydrogens (primary N) is 1. The van der Waals surface area contributed by atoms with Crippen molar-refractivity contribution in [3.8, 4) is 0 Å². The minimum atomic E-state index is -0.175. The molecule has 112 valence electrons. The number of aryl methyl sites for hydroxylation is 1. The van der Waals surface area contributed by atoms with Gasteiger partial charge in [-0.3, -0.25) is 9.88 Å². The van der Waals surface area contributed by atoms with Crippen LogP contribution in [-0.2, 0) is 6.54 Å². The van der Waals surface area contributed by atoms with Crippen LogP contribution in [0.15, 0.2) is 42.7 Å². The first kappa shape index (κ1) is 15.6. The number of hydrogen-bond acceptors (Lipinski definition) is 3. The van der Waals surface area contributed by atoms with Crippen LogP contribution in [0.2, 0.25) is 0 Å². The zero-order chi connectivity index (χ0) is 15.2. The maximum Gasteiger partial charge on any atom is 0.126 e. The van der Waals surface area contributed by atoms with Crippen LogP contribution in [0, 0.1) is 12.7 Å². The number of halogens is 1. The fraction of sp³-hybridized carbons (Fsp3) is 0.353. The Kier molecular flexibility index (Phi) is 5.42. The zero-order valence-electron chi connectivity index (χ0n) is 12.6. The smallest absolute Gasteiger partial charge is 0.126 e. The third-order valence-corrected chi connectivity index (χ3v) is 3.79. The number of hydrogen-bond donors (Lipinski definition) is 1. The van der Waals surface area contributed by atoms with Crippen LogP contribution in [0.1, 0.15) is 29.7 Å². The lowest BCUT2D eigenvalue weighted by atomic mass is 10.0. The molecule has 2 rings (SSSR count). The summed E-state index contributed by atoms with van der Waals surface area (Å²) < 4.78 is 13.8. The Morgan fingerprint density at radius 1 is 1.24 bits per heavy atom. The molecule has 1 unspecified atom stereocenters. The summed E-state index contributed by atoms with van der Waals surface area (Å²) in [6, 6.07) is 9.37. The molecule has 0 aliphatic heterocycles. The van der Waals surface area contributed by atoms with Gasteiger partial charge in [-0.25, -0.2) is 4.39 Å². The van der Waals surface area contributed by atoms with Crippen molar-refractivity contribution in [3.05, 3.63) is 65.2 Å². The molecule has 0 saturated carbocycles. The number of benzene rings is 1. The number of rotatable bonds is 6. The lowest BCUT2D eigenvalue weighted by molar-refractivity contribution is 0.203. The van der Waals surface area contributed by atoms with Crippen LogP contribution < -0.4 is 5.73 Å². The normalized spacial score (nSPS) is 12.6. The Morgan fingerprint density at radius 3 is 2.52 bits per heavy atom. The van der Waals surface area contributed by atoms with Gasteiger partial charge in [-0.1, -0.05) is 19.1 Å². The molecule has 0 bridgehead atoms. The van der Waals surface area contributed by atoms with Gasteiger partial charge in [0, 0.05) is 31.5 Å². The molecule has 3 nitrogen and oxygen atoms in total. The Hall–Kier alpha value is -1.78. The summed E-state index contributed by atoms with van der Waals surface area (Å²) >= 11 is 0. The van der Waals surface area contributed by atoms with Crippen molar-refractivity contribution in [1.29, 1.82) is 0 Å². The highest BCUT2D eigenvalue weighted by Crippen LogP contribution is 2.23. The van der Waals surface area contributed by atoms with Crippen LogP contribution in [0.25, 0.3) is 0 Å². The summed E-state index contributed by atoms with van der Waals surface area (Å²) in [7, 11) is 0. The van der Waals surface area contributed by atoms with Crippen molar-refractivity contribution in [2.24, 2.45) is 5.73 Å². The van der Waals surface area contributed by atoms with Crippen molar-refractivity contribution in [1.82, 2.24) is 9.88 Å². The second kappa shape index (κ2) is 7.29. The van der Waals surface area contributed by atoms with Crippen LogP contribution in [0.5, 0.6) is 0 Å². The molecule has 21 heavy (non-hydrogen) atoms. The first-order valence-electron chi connectivity index (χ1n) is 7.24. The maximum absolute atomic E-state index is 13.8. The minimum Gasteiger partial charge on any atom is -0.329 e. The van der Waals surface area contributed by atoms with Gasteiger partial charge < -0.3 is 5.73 Å². The number of pyridine rings is 1. The van der Waals surface area contributed by atoms with Crippen molar-refractivity contribution in [3.63, 3.8) is 0 Å². The monoisotopic (exact) mass is 287 g/mol. The Bertz CT molecular complexity index is 572. The summed E-state index contributed by atoms with van der Waals surface area (Å²) in [4.78, 5) is 6.28. The predicted molar refractivity (Wildman–Crippen MR) is 83.3 cm³/mol. The van der Waals surface area contributed by atoms with Crippen LogP contribution in [0.3, 0.4) is 0 Å². The molecular formula is C17H22FN3. The van der Waals surface area contributed by atoms with Gasteiger partial charge in [-0.2, -0.15) is 0 Å². The first-order valence-corrected chi connectivity index (χ1v) is 7.24. The molecule has 2 aromatic rings. The molecule has 2 N–H and O–H groups in total. The highest BCUT2D eigenvalue weighted by atomic mass is 19.1. The molecule has 0 saturated heterocycles. The summed E-state index contributed by atoms with van der Waals surface area (Å²) in [6.07, 6.45) is 3.57. The second-order valence-corrected chi connectivity index (χ2v) is 5.18. The van der Waals surface area contributed by atoms with E-state index in [-0.39, 0.29) is 11.9 Å². The summed E-state index contributed by atoms with van der Waals surface area (Å²) in [5, 5.41) is 0. The molecule has 0 radical (unpaired) electrons. The van der Waals surface area contributed by atoms with Gasteiger partial charge in [-0.05, 0) is 48.4 Å².